The van der Waals surface area contributed by atoms with Crippen LogP contribution in [0.5, 0.6) is 0 Å². The van der Waals surface area contributed by atoms with E-state index >= 15 is 0 Å². The van der Waals surface area contributed by atoms with Crippen LogP contribution >= 0.6 is 11.6 Å². The number of nitrogens with one attached hydrogen (secondary N) is 1. The van der Waals surface area contributed by atoms with E-state index in [9.17, 15) is 9.59 Å². The Hall–Kier alpha value is -1.96. The van der Waals surface area contributed by atoms with Gasteiger partial charge in [0.15, 0.2) is 0 Å². The van der Waals surface area contributed by atoms with Gasteiger partial charge in [0.2, 0.25) is 5.91 Å². The number of hydrogen-bond acceptors (Lipinski definition) is 5. The summed E-state index contributed by atoms with van der Waals surface area (Å²) in [7, 11) is 1.82. The Balaban J connectivity index is 1.69. The number of ether oxygens (including phenoxy) is 1. The average Bonchev–Trinajstić information content (AvgIpc) is 2.55. The van der Waals surface area contributed by atoms with E-state index in [0.29, 0.717) is 54.6 Å². The minimum atomic E-state index is -0.209. The van der Waals surface area contributed by atoms with Crippen LogP contribution in [0.4, 0.5) is 0 Å². The van der Waals surface area contributed by atoms with Gasteiger partial charge < -0.3 is 14.6 Å². The fourth-order valence-corrected chi connectivity index (χ4v) is 2.86. The van der Waals surface area contributed by atoms with Crippen LogP contribution in [0.3, 0.4) is 0 Å². The van der Waals surface area contributed by atoms with E-state index < -0.39 is 0 Å². The Morgan fingerprint density at radius 3 is 2.92 bits per heavy atom. The van der Waals surface area contributed by atoms with Gasteiger partial charge in [-0.25, -0.2) is 4.98 Å². The average molecular weight is 351 g/mol. The van der Waals surface area contributed by atoms with Gasteiger partial charge in [0.05, 0.1) is 37.2 Å². The Labute approximate surface area is 144 Å². The van der Waals surface area contributed by atoms with Gasteiger partial charge in [-0.15, -0.1) is 0 Å². The van der Waals surface area contributed by atoms with E-state index in [-0.39, 0.29) is 18.0 Å². The third kappa shape index (κ3) is 3.92. The smallest absolute Gasteiger partial charge is 0.258 e. The predicted octanol–water partition coefficient (Wildman–Crippen LogP) is 0.867. The van der Waals surface area contributed by atoms with E-state index in [0.717, 1.165) is 0 Å². The second-order valence-electron chi connectivity index (χ2n) is 5.84. The number of carbonyl (C=O) groups is 1. The topological polar surface area (TPSA) is 78.5 Å². The number of likely N-dealkylation sites (N-methyl/N-ethyl adjacent to an activating group) is 1. The standard InChI is InChI=1S/C16H19ClN4O3/c1-20(10-15(22)21-4-6-24-7-5-21)9-14-18-13-8-11(17)2-3-12(13)16(23)19-14/h2-3,8H,4-7,9-10H2,1H3,(H,18,19,23). The molecule has 1 aliphatic rings. The van der Waals surface area contributed by atoms with Crippen LogP contribution in [0.1, 0.15) is 5.82 Å². The Kier molecular flexibility index (Phi) is 5.13. The van der Waals surface area contributed by atoms with Crippen LogP contribution in [0, 0.1) is 0 Å². The van der Waals surface area contributed by atoms with E-state index in [2.05, 4.69) is 9.97 Å². The quantitative estimate of drug-likeness (QED) is 0.885. The number of amides is 1. The summed E-state index contributed by atoms with van der Waals surface area (Å²) in [6.45, 7) is 3.03. The van der Waals surface area contributed by atoms with Crippen molar-refractivity contribution < 1.29 is 9.53 Å². The maximum atomic E-state index is 12.2. The molecule has 1 N–H and O–H groups in total. The molecule has 1 saturated heterocycles. The first-order valence-corrected chi connectivity index (χ1v) is 8.13. The number of rotatable bonds is 4. The minimum Gasteiger partial charge on any atom is -0.378 e. The summed E-state index contributed by atoms with van der Waals surface area (Å²) in [5, 5.41) is 1.03. The van der Waals surface area contributed by atoms with Crippen molar-refractivity contribution in [1.29, 1.82) is 0 Å². The summed E-state index contributed by atoms with van der Waals surface area (Å²) in [5.74, 6) is 0.555. The molecule has 3 rings (SSSR count). The molecule has 2 heterocycles. The summed E-state index contributed by atoms with van der Waals surface area (Å²) in [6.07, 6.45) is 0. The van der Waals surface area contributed by atoms with E-state index in [4.69, 9.17) is 16.3 Å². The number of aromatic nitrogens is 2. The highest BCUT2D eigenvalue weighted by molar-refractivity contribution is 6.31. The van der Waals surface area contributed by atoms with Gasteiger partial charge in [-0.1, -0.05) is 11.6 Å². The van der Waals surface area contributed by atoms with Crippen LogP contribution in [0.25, 0.3) is 10.9 Å². The number of H-pyrrole nitrogens is 1. The molecule has 7 nitrogen and oxygen atoms in total. The van der Waals surface area contributed by atoms with E-state index in [1.165, 1.54) is 0 Å². The SMILES string of the molecule is CN(CC(=O)N1CCOCC1)Cc1nc2cc(Cl)ccc2c(=O)[nH]1. The second-order valence-corrected chi connectivity index (χ2v) is 6.28. The Morgan fingerprint density at radius 1 is 1.42 bits per heavy atom. The van der Waals surface area contributed by atoms with Crippen molar-refractivity contribution in [2.75, 3.05) is 39.9 Å². The van der Waals surface area contributed by atoms with Gasteiger partial charge in [-0.3, -0.25) is 14.5 Å². The number of carbonyl (C=O) groups excluding carboxylic acids is 1. The lowest BCUT2D eigenvalue weighted by Crippen LogP contribution is -2.45. The second kappa shape index (κ2) is 7.29. The molecule has 1 fully saturated rings. The molecule has 0 atom stereocenters. The van der Waals surface area contributed by atoms with Crippen molar-refractivity contribution in [3.63, 3.8) is 0 Å². The van der Waals surface area contributed by atoms with Crippen molar-refractivity contribution in [2.24, 2.45) is 0 Å². The number of aromatic amines is 1. The molecule has 1 aromatic carbocycles. The Bertz CT molecular complexity index is 801. The summed E-state index contributed by atoms with van der Waals surface area (Å²) in [6, 6.07) is 4.97. The summed E-state index contributed by atoms with van der Waals surface area (Å²) in [4.78, 5) is 35.2. The number of fused-ring (bicyclic) bond motifs is 1. The van der Waals surface area contributed by atoms with Crippen LogP contribution in [-0.2, 0) is 16.1 Å². The fourth-order valence-electron chi connectivity index (χ4n) is 2.69. The lowest BCUT2D eigenvalue weighted by molar-refractivity contribution is -0.136. The summed E-state index contributed by atoms with van der Waals surface area (Å²) in [5.41, 5.74) is 0.341. The zero-order valence-corrected chi connectivity index (χ0v) is 14.2. The molecule has 0 bridgehead atoms. The first-order chi connectivity index (χ1) is 11.5. The van der Waals surface area contributed by atoms with Gasteiger partial charge in [0.25, 0.3) is 5.56 Å². The Morgan fingerprint density at radius 2 is 2.17 bits per heavy atom. The largest absolute Gasteiger partial charge is 0.378 e. The maximum absolute atomic E-state index is 12.2. The van der Waals surface area contributed by atoms with Gasteiger partial charge in [0, 0.05) is 18.1 Å². The monoisotopic (exact) mass is 350 g/mol. The number of benzene rings is 1. The van der Waals surface area contributed by atoms with Crippen LogP contribution < -0.4 is 5.56 Å². The molecule has 2 aromatic rings. The van der Waals surface area contributed by atoms with Crippen LogP contribution in [0.15, 0.2) is 23.0 Å². The highest BCUT2D eigenvalue weighted by Crippen LogP contribution is 2.14. The highest BCUT2D eigenvalue weighted by atomic mass is 35.5. The van der Waals surface area contributed by atoms with Crippen molar-refractivity contribution in [2.45, 2.75) is 6.54 Å². The van der Waals surface area contributed by atoms with Crippen molar-refractivity contribution in [1.82, 2.24) is 19.8 Å². The van der Waals surface area contributed by atoms with Crippen molar-refractivity contribution in [3.8, 4) is 0 Å². The van der Waals surface area contributed by atoms with Gasteiger partial charge in [0.1, 0.15) is 5.82 Å². The lowest BCUT2D eigenvalue weighted by atomic mass is 10.2. The number of nitrogens with zero attached hydrogens (tertiary/aromatic N) is 3. The predicted molar refractivity (Wildman–Crippen MR) is 91.1 cm³/mol. The van der Waals surface area contributed by atoms with Crippen molar-refractivity contribution >= 4 is 28.4 Å². The number of hydrogen-bond donors (Lipinski definition) is 1. The first-order valence-electron chi connectivity index (χ1n) is 7.75. The van der Waals surface area contributed by atoms with Crippen LogP contribution in [0.2, 0.25) is 5.02 Å². The van der Waals surface area contributed by atoms with Gasteiger partial charge >= 0.3 is 0 Å². The minimum absolute atomic E-state index is 0.0481. The molecule has 0 spiro atoms. The lowest BCUT2D eigenvalue weighted by Gasteiger charge is -2.28. The molecule has 128 valence electrons. The van der Waals surface area contributed by atoms with Gasteiger partial charge in [-0.05, 0) is 25.2 Å². The summed E-state index contributed by atoms with van der Waals surface area (Å²) >= 11 is 5.96. The first kappa shape index (κ1) is 16.9. The fraction of sp³-hybridized carbons (Fsp3) is 0.438. The molecular formula is C16H19ClN4O3. The zero-order valence-electron chi connectivity index (χ0n) is 13.4. The van der Waals surface area contributed by atoms with Crippen molar-refractivity contribution in [3.05, 3.63) is 39.4 Å². The molecule has 8 heteroatoms. The van der Waals surface area contributed by atoms with Crippen LogP contribution in [-0.4, -0.2) is 65.6 Å². The molecule has 0 aliphatic carbocycles. The highest BCUT2D eigenvalue weighted by Gasteiger charge is 2.18. The molecule has 0 saturated carbocycles. The van der Waals surface area contributed by atoms with E-state index in [1.807, 2.05) is 11.9 Å². The third-order valence-electron chi connectivity index (χ3n) is 3.91. The maximum Gasteiger partial charge on any atom is 0.258 e. The molecule has 1 aromatic heterocycles. The van der Waals surface area contributed by atoms with E-state index in [1.54, 1.807) is 23.1 Å². The molecule has 1 aliphatic heterocycles. The molecule has 0 unspecified atom stereocenters. The molecule has 24 heavy (non-hydrogen) atoms. The number of morpholine rings is 1. The number of halogens is 1. The normalized spacial score (nSPS) is 15.2. The zero-order chi connectivity index (χ0) is 17.1. The van der Waals surface area contributed by atoms with Gasteiger partial charge in [-0.2, -0.15) is 0 Å². The molecular weight excluding hydrogens is 332 g/mol. The molecule has 1 amide bonds. The summed E-state index contributed by atoms with van der Waals surface area (Å²) < 4.78 is 5.25. The third-order valence-corrected chi connectivity index (χ3v) is 4.14. The molecule has 0 radical (unpaired) electrons.